The van der Waals surface area contributed by atoms with Crippen LogP contribution in [-0.2, 0) is 11.3 Å². The van der Waals surface area contributed by atoms with E-state index in [9.17, 15) is 18.0 Å². The number of carboxylic acid groups (broad SMARTS) is 1. The lowest BCUT2D eigenvalue weighted by Gasteiger charge is -2.21. The first kappa shape index (κ1) is 15.2. The standard InChI is InChI=1S/C11H11F3INO2/c12-11(13,14)7-16(6-10(17)18)5-8-1-3-9(15)4-2-8/h1-4H,5-7H2,(H,17,18). The molecule has 18 heavy (non-hydrogen) atoms. The fourth-order valence-electron chi connectivity index (χ4n) is 1.46. The summed E-state index contributed by atoms with van der Waals surface area (Å²) in [6.45, 7) is -1.90. The molecule has 0 amide bonds. The molecule has 1 aromatic rings. The normalized spacial score (nSPS) is 11.8. The Bertz CT molecular complexity index is 406. The van der Waals surface area contributed by atoms with Crippen molar-refractivity contribution in [2.24, 2.45) is 0 Å². The van der Waals surface area contributed by atoms with Crippen LogP contribution in [0.3, 0.4) is 0 Å². The van der Waals surface area contributed by atoms with E-state index in [1.54, 1.807) is 24.3 Å². The van der Waals surface area contributed by atoms with Gasteiger partial charge in [0.25, 0.3) is 0 Å². The highest BCUT2D eigenvalue weighted by Gasteiger charge is 2.31. The predicted molar refractivity (Wildman–Crippen MR) is 68.1 cm³/mol. The molecule has 1 aromatic carbocycles. The highest BCUT2D eigenvalue weighted by Crippen LogP contribution is 2.18. The summed E-state index contributed by atoms with van der Waals surface area (Å²) >= 11 is 2.08. The second-order valence-electron chi connectivity index (χ2n) is 3.78. The summed E-state index contributed by atoms with van der Waals surface area (Å²) in [5, 5.41) is 8.59. The summed E-state index contributed by atoms with van der Waals surface area (Å²) in [4.78, 5) is 11.4. The van der Waals surface area contributed by atoms with Crippen LogP contribution in [0.2, 0.25) is 0 Å². The second kappa shape index (κ2) is 6.37. The zero-order chi connectivity index (χ0) is 13.8. The molecular formula is C11H11F3INO2. The van der Waals surface area contributed by atoms with Crippen molar-refractivity contribution in [3.63, 3.8) is 0 Å². The molecular weight excluding hydrogens is 362 g/mol. The largest absolute Gasteiger partial charge is 0.480 e. The first-order valence-corrected chi connectivity index (χ1v) is 6.09. The molecule has 0 saturated heterocycles. The first-order valence-electron chi connectivity index (χ1n) is 5.01. The number of aliphatic carboxylic acids is 1. The summed E-state index contributed by atoms with van der Waals surface area (Å²) in [5.41, 5.74) is 0.654. The van der Waals surface area contributed by atoms with Crippen molar-refractivity contribution in [1.82, 2.24) is 4.90 Å². The minimum Gasteiger partial charge on any atom is -0.480 e. The maximum Gasteiger partial charge on any atom is 0.401 e. The van der Waals surface area contributed by atoms with Crippen LogP contribution in [0.25, 0.3) is 0 Å². The predicted octanol–water partition coefficient (Wildman–Crippen LogP) is 2.74. The van der Waals surface area contributed by atoms with Gasteiger partial charge in [-0.1, -0.05) is 12.1 Å². The van der Waals surface area contributed by atoms with E-state index in [4.69, 9.17) is 5.11 Å². The highest BCUT2D eigenvalue weighted by atomic mass is 127. The van der Waals surface area contributed by atoms with Gasteiger partial charge in [-0.15, -0.1) is 0 Å². The third-order valence-corrected chi connectivity index (χ3v) is 2.80. The molecule has 0 radical (unpaired) electrons. The van der Waals surface area contributed by atoms with Gasteiger partial charge in [0.15, 0.2) is 0 Å². The number of halogens is 4. The van der Waals surface area contributed by atoms with Crippen LogP contribution in [0.15, 0.2) is 24.3 Å². The number of benzene rings is 1. The van der Waals surface area contributed by atoms with E-state index in [2.05, 4.69) is 22.6 Å². The third-order valence-electron chi connectivity index (χ3n) is 2.08. The van der Waals surface area contributed by atoms with Gasteiger partial charge < -0.3 is 5.11 Å². The van der Waals surface area contributed by atoms with Crippen molar-refractivity contribution in [2.75, 3.05) is 13.1 Å². The number of nitrogens with zero attached hydrogens (tertiary/aromatic N) is 1. The van der Waals surface area contributed by atoms with Crippen LogP contribution >= 0.6 is 22.6 Å². The minimum absolute atomic E-state index is 0.0390. The van der Waals surface area contributed by atoms with E-state index in [1.807, 2.05) is 0 Å². The lowest BCUT2D eigenvalue weighted by molar-refractivity contribution is -0.154. The zero-order valence-electron chi connectivity index (χ0n) is 9.25. The van der Waals surface area contributed by atoms with Crippen LogP contribution in [0.4, 0.5) is 13.2 Å². The van der Waals surface area contributed by atoms with Crippen LogP contribution in [0.5, 0.6) is 0 Å². The zero-order valence-corrected chi connectivity index (χ0v) is 11.4. The molecule has 0 aromatic heterocycles. The number of rotatable bonds is 5. The van der Waals surface area contributed by atoms with E-state index in [-0.39, 0.29) is 6.54 Å². The van der Waals surface area contributed by atoms with E-state index >= 15 is 0 Å². The van der Waals surface area contributed by atoms with Crippen LogP contribution < -0.4 is 0 Å². The van der Waals surface area contributed by atoms with Crippen molar-refractivity contribution in [1.29, 1.82) is 0 Å². The SMILES string of the molecule is O=C(O)CN(Cc1ccc(I)cc1)CC(F)(F)F. The molecule has 0 heterocycles. The minimum atomic E-state index is -4.40. The summed E-state index contributed by atoms with van der Waals surface area (Å²) in [6.07, 6.45) is -4.40. The monoisotopic (exact) mass is 373 g/mol. The Hall–Kier alpha value is -0.830. The molecule has 0 saturated carbocycles. The Morgan fingerprint density at radius 3 is 2.28 bits per heavy atom. The fraction of sp³-hybridized carbons (Fsp3) is 0.364. The number of hydrogen-bond donors (Lipinski definition) is 1. The lowest BCUT2D eigenvalue weighted by Crippen LogP contribution is -2.37. The number of hydrogen-bond acceptors (Lipinski definition) is 2. The van der Waals surface area contributed by atoms with Gasteiger partial charge in [-0.3, -0.25) is 9.69 Å². The van der Waals surface area contributed by atoms with Crippen molar-refractivity contribution in [2.45, 2.75) is 12.7 Å². The van der Waals surface area contributed by atoms with Gasteiger partial charge in [0.1, 0.15) is 0 Å². The van der Waals surface area contributed by atoms with Gasteiger partial charge in [0, 0.05) is 10.1 Å². The van der Waals surface area contributed by atoms with Gasteiger partial charge in [-0.05, 0) is 40.3 Å². The van der Waals surface area contributed by atoms with Gasteiger partial charge in [-0.25, -0.2) is 0 Å². The molecule has 0 spiro atoms. The van der Waals surface area contributed by atoms with E-state index in [0.717, 1.165) is 8.47 Å². The quantitative estimate of drug-likeness (QED) is 0.808. The van der Waals surface area contributed by atoms with Crippen LogP contribution in [0.1, 0.15) is 5.56 Å². The molecule has 0 aliphatic heterocycles. The average molecular weight is 373 g/mol. The molecule has 0 atom stereocenters. The molecule has 1 N–H and O–H groups in total. The topological polar surface area (TPSA) is 40.5 Å². The molecule has 100 valence electrons. The number of carbonyl (C=O) groups is 1. The maximum atomic E-state index is 12.3. The molecule has 0 fully saturated rings. The summed E-state index contributed by atoms with van der Waals surface area (Å²) in [6, 6.07) is 6.91. The average Bonchev–Trinajstić information content (AvgIpc) is 2.18. The van der Waals surface area contributed by atoms with E-state index in [1.165, 1.54) is 0 Å². The molecule has 0 unspecified atom stereocenters. The molecule has 1 rings (SSSR count). The second-order valence-corrected chi connectivity index (χ2v) is 5.03. The first-order chi connectivity index (χ1) is 8.26. The fourth-order valence-corrected chi connectivity index (χ4v) is 1.82. The molecule has 0 aliphatic carbocycles. The van der Waals surface area contributed by atoms with Gasteiger partial charge in [0.05, 0.1) is 13.1 Å². The molecule has 0 bridgehead atoms. The summed E-state index contributed by atoms with van der Waals surface area (Å²) < 4.78 is 37.8. The molecule has 3 nitrogen and oxygen atoms in total. The van der Waals surface area contributed by atoms with Crippen molar-refractivity contribution in [3.8, 4) is 0 Å². The highest BCUT2D eigenvalue weighted by molar-refractivity contribution is 14.1. The van der Waals surface area contributed by atoms with Crippen LogP contribution in [0, 0.1) is 3.57 Å². The third kappa shape index (κ3) is 6.20. The lowest BCUT2D eigenvalue weighted by atomic mass is 10.2. The van der Waals surface area contributed by atoms with Gasteiger partial charge in [0.2, 0.25) is 0 Å². The number of alkyl halides is 3. The van der Waals surface area contributed by atoms with E-state index in [0.29, 0.717) is 5.56 Å². The Morgan fingerprint density at radius 1 is 1.28 bits per heavy atom. The Kier molecular flexibility index (Phi) is 5.39. The van der Waals surface area contributed by atoms with Crippen molar-refractivity contribution >= 4 is 28.6 Å². The van der Waals surface area contributed by atoms with Crippen molar-refractivity contribution in [3.05, 3.63) is 33.4 Å². The molecule has 7 heteroatoms. The Morgan fingerprint density at radius 2 is 1.83 bits per heavy atom. The van der Waals surface area contributed by atoms with Crippen LogP contribution in [-0.4, -0.2) is 35.2 Å². The summed E-state index contributed by atoms with van der Waals surface area (Å²) in [7, 11) is 0. The Labute approximate surface area is 116 Å². The summed E-state index contributed by atoms with van der Waals surface area (Å²) in [5.74, 6) is -1.27. The molecule has 0 aliphatic rings. The maximum absolute atomic E-state index is 12.3. The van der Waals surface area contributed by atoms with Gasteiger partial charge in [-0.2, -0.15) is 13.2 Å². The number of carboxylic acids is 1. The van der Waals surface area contributed by atoms with Gasteiger partial charge >= 0.3 is 12.1 Å². The van der Waals surface area contributed by atoms with E-state index < -0.39 is 25.2 Å². The smallest absolute Gasteiger partial charge is 0.401 e. The van der Waals surface area contributed by atoms with Crippen molar-refractivity contribution < 1.29 is 23.1 Å². The Balaban J connectivity index is 2.71.